The number of anilines is 3. The molecule has 0 saturated carbocycles. The average Bonchev–Trinajstić information content (AvgIpc) is 3.17. The van der Waals surface area contributed by atoms with Crippen molar-refractivity contribution < 1.29 is 8.78 Å². The maximum Gasteiger partial charge on any atom is 0.229 e. The number of hydrogen-bond acceptors (Lipinski definition) is 5. The van der Waals surface area contributed by atoms with Crippen LogP contribution in [0.5, 0.6) is 0 Å². The summed E-state index contributed by atoms with van der Waals surface area (Å²) in [5.74, 6) is -0.133. The summed E-state index contributed by atoms with van der Waals surface area (Å²) in [6.07, 6.45) is 7.49. The molecule has 4 aromatic rings. The molecule has 0 amide bonds. The van der Waals surface area contributed by atoms with Crippen molar-refractivity contribution in [3.8, 4) is 11.3 Å². The topological polar surface area (TPSA) is 58.4 Å². The van der Waals surface area contributed by atoms with Gasteiger partial charge in [-0.3, -0.25) is 4.98 Å². The van der Waals surface area contributed by atoms with Crippen LogP contribution in [0.1, 0.15) is 19.8 Å². The van der Waals surface area contributed by atoms with Gasteiger partial charge < -0.3 is 10.2 Å². The van der Waals surface area contributed by atoms with Crippen LogP contribution >= 0.6 is 0 Å². The molecule has 8 heteroatoms. The quantitative estimate of drug-likeness (QED) is 0.501. The first-order valence-corrected chi connectivity index (χ1v) is 10.4. The Morgan fingerprint density at radius 2 is 1.77 bits per heavy atom. The third kappa shape index (κ3) is 3.69. The molecular formula is C23H22F2N6. The van der Waals surface area contributed by atoms with E-state index in [1.54, 1.807) is 35.2 Å². The first kappa shape index (κ1) is 19.4. The second kappa shape index (κ2) is 7.94. The van der Waals surface area contributed by atoms with Crippen molar-refractivity contribution in [2.75, 3.05) is 23.3 Å². The molecule has 1 aliphatic heterocycles. The molecule has 0 radical (unpaired) electrons. The first-order valence-electron chi connectivity index (χ1n) is 10.4. The molecule has 0 bridgehead atoms. The molecule has 0 aliphatic carbocycles. The Morgan fingerprint density at radius 1 is 1.00 bits per heavy atom. The number of imidazole rings is 1. The average molecular weight is 420 g/mol. The highest BCUT2D eigenvalue weighted by atomic mass is 19.1. The Morgan fingerprint density at radius 3 is 2.55 bits per heavy atom. The lowest BCUT2D eigenvalue weighted by Gasteiger charge is -2.33. The van der Waals surface area contributed by atoms with E-state index in [2.05, 4.69) is 32.2 Å². The molecule has 3 aromatic heterocycles. The number of aromatic nitrogens is 4. The molecule has 0 atom stereocenters. The summed E-state index contributed by atoms with van der Waals surface area (Å²) in [4.78, 5) is 11.0. The minimum Gasteiger partial charge on any atom is -0.370 e. The summed E-state index contributed by atoms with van der Waals surface area (Å²) in [7, 11) is 0. The van der Waals surface area contributed by atoms with Gasteiger partial charge in [-0.2, -0.15) is 9.61 Å². The number of rotatable bonds is 4. The van der Waals surface area contributed by atoms with Crippen LogP contribution in [-0.2, 0) is 0 Å². The predicted octanol–water partition coefficient (Wildman–Crippen LogP) is 5.05. The van der Waals surface area contributed by atoms with Gasteiger partial charge in [0.2, 0.25) is 5.95 Å². The molecule has 158 valence electrons. The molecular weight excluding hydrogens is 398 g/mol. The zero-order valence-corrected chi connectivity index (χ0v) is 17.1. The Labute approximate surface area is 178 Å². The van der Waals surface area contributed by atoms with Crippen molar-refractivity contribution in [2.24, 2.45) is 5.92 Å². The van der Waals surface area contributed by atoms with Crippen molar-refractivity contribution in [3.63, 3.8) is 0 Å². The van der Waals surface area contributed by atoms with E-state index in [0.717, 1.165) is 43.2 Å². The second-order valence-electron chi connectivity index (χ2n) is 7.92. The summed E-state index contributed by atoms with van der Waals surface area (Å²) < 4.78 is 30.1. The molecule has 31 heavy (non-hydrogen) atoms. The molecule has 4 heterocycles. The lowest BCUT2D eigenvalue weighted by Crippen LogP contribution is -2.33. The minimum absolute atomic E-state index is 0.159. The van der Waals surface area contributed by atoms with Gasteiger partial charge in [0.1, 0.15) is 11.6 Å². The highest BCUT2D eigenvalue weighted by Crippen LogP contribution is 2.31. The van der Waals surface area contributed by atoms with Crippen LogP contribution < -0.4 is 10.2 Å². The highest BCUT2D eigenvalue weighted by Gasteiger charge is 2.20. The van der Waals surface area contributed by atoms with E-state index in [1.807, 2.05) is 6.07 Å². The standard InChI is InChI=1S/C23H22F2N6/c1-15-8-11-30(12-9-15)21-7-10-26-14-20(21)28-23-27-13-16-5-6-19(29-31(16)23)22-17(24)3-2-4-18(22)25/h2-7,10,13-15H,8-9,11-12H2,1H3,(H,27,28). The van der Waals surface area contributed by atoms with Gasteiger partial charge in [-0.1, -0.05) is 13.0 Å². The summed E-state index contributed by atoms with van der Waals surface area (Å²) in [5, 5.41) is 7.76. The molecule has 1 fully saturated rings. The van der Waals surface area contributed by atoms with E-state index in [-0.39, 0.29) is 11.3 Å². The summed E-state index contributed by atoms with van der Waals surface area (Å²) in [5.41, 5.74) is 2.61. The Balaban J connectivity index is 1.51. The van der Waals surface area contributed by atoms with Gasteiger partial charge in [0.25, 0.3) is 0 Å². The Hall–Kier alpha value is -3.55. The third-order valence-corrected chi connectivity index (χ3v) is 5.77. The predicted molar refractivity (Wildman–Crippen MR) is 116 cm³/mol. The van der Waals surface area contributed by atoms with Crippen molar-refractivity contribution in [1.82, 2.24) is 19.6 Å². The van der Waals surface area contributed by atoms with E-state index in [1.165, 1.54) is 18.2 Å². The van der Waals surface area contributed by atoms with Gasteiger partial charge in [0.15, 0.2) is 0 Å². The fourth-order valence-corrected chi connectivity index (χ4v) is 3.97. The van der Waals surface area contributed by atoms with Crippen LogP contribution in [0.15, 0.2) is 55.0 Å². The molecule has 1 saturated heterocycles. The van der Waals surface area contributed by atoms with E-state index in [9.17, 15) is 8.78 Å². The second-order valence-corrected chi connectivity index (χ2v) is 7.92. The molecule has 6 nitrogen and oxygen atoms in total. The normalized spacial score (nSPS) is 14.9. The van der Waals surface area contributed by atoms with Crippen molar-refractivity contribution in [3.05, 3.63) is 66.6 Å². The van der Waals surface area contributed by atoms with Gasteiger partial charge >= 0.3 is 0 Å². The van der Waals surface area contributed by atoms with Gasteiger partial charge in [-0.05, 0) is 49.1 Å². The fourth-order valence-electron chi connectivity index (χ4n) is 3.97. The van der Waals surface area contributed by atoms with Gasteiger partial charge in [0.05, 0.1) is 40.5 Å². The van der Waals surface area contributed by atoms with Crippen LogP contribution in [0, 0.1) is 17.6 Å². The SMILES string of the molecule is CC1CCN(c2ccncc2Nc2ncc3ccc(-c4c(F)cccc4F)nn23)CC1. The lowest BCUT2D eigenvalue weighted by atomic mass is 9.99. The van der Waals surface area contributed by atoms with Crippen molar-refractivity contribution >= 4 is 22.8 Å². The summed E-state index contributed by atoms with van der Waals surface area (Å²) in [6, 6.07) is 9.09. The Bertz CT molecular complexity index is 1210. The van der Waals surface area contributed by atoms with E-state index < -0.39 is 11.6 Å². The van der Waals surface area contributed by atoms with Crippen LogP contribution in [0.4, 0.5) is 26.1 Å². The minimum atomic E-state index is -0.657. The zero-order valence-electron chi connectivity index (χ0n) is 17.1. The number of fused-ring (bicyclic) bond motifs is 1. The largest absolute Gasteiger partial charge is 0.370 e. The van der Waals surface area contributed by atoms with E-state index >= 15 is 0 Å². The van der Waals surface area contributed by atoms with Gasteiger partial charge in [0, 0.05) is 19.3 Å². The third-order valence-electron chi connectivity index (χ3n) is 5.77. The lowest BCUT2D eigenvalue weighted by molar-refractivity contribution is 0.438. The maximum atomic E-state index is 14.3. The number of nitrogens with one attached hydrogen (secondary N) is 1. The van der Waals surface area contributed by atoms with E-state index in [0.29, 0.717) is 11.5 Å². The molecule has 0 spiro atoms. The van der Waals surface area contributed by atoms with Crippen LogP contribution in [0.2, 0.25) is 0 Å². The number of nitrogens with zero attached hydrogens (tertiary/aromatic N) is 5. The fraction of sp³-hybridized carbons (Fsp3) is 0.261. The summed E-state index contributed by atoms with van der Waals surface area (Å²) in [6.45, 7) is 4.25. The van der Waals surface area contributed by atoms with Crippen LogP contribution in [0.3, 0.4) is 0 Å². The molecule has 1 aliphatic rings. The van der Waals surface area contributed by atoms with Crippen molar-refractivity contribution in [2.45, 2.75) is 19.8 Å². The monoisotopic (exact) mass is 420 g/mol. The number of halogens is 2. The maximum absolute atomic E-state index is 14.3. The molecule has 0 unspecified atom stereocenters. The highest BCUT2D eigenvalue weighted by molar-refractivity contribution is 5.73. The van der Waals surface area contributed by atoms with Crippen LogP contribution in [-0.4, -0.2) is 32.7 Å². The van der Waals surface area contributed by atoms with Gasteiger partial charge in [-0.15, -0.1) is 0 Å². The number of benzene rings is 1. The van der Waals surface area contributed by atoms with Crippen LogP contribution in [0.25, 0.3) is 16.8 Å². The first-order chi connectivity index (χ1) is 15.1. The van der Waals surface area contributed by atoms with E-state index in [4.69, 9.17) is 0 Å². The molecule has 1 N–H and O–H groups in total. The molecule has 5 rings (SSSR count). The van der Waals surface area contributed by atoms with Crippen molar-refractivity contribution in [1.29, 1.82) is 0 Å². The number of pyridine rings is 1. The zero-order chi connectivity index (χ0) is 21.4. The van der Waals surface area contributed by atoms with Gasteiger partial charge in [-0.25, -0.2) is 13.8 Å². The Kier molecular flexibility index (Phi) is 4.97. The number of piperidine rings is 1. The summed E-state index contributed by atoms with van der Waals surface area (Å²) >= 11 is 0. The smallest absolute Gasteiger partial charge is 0.229 e. The number of hydrogen-bond donors (Lipinski definition) is 1. The molecule has 1 aromatic carbocycles.